The van der Waals surface area contributed by atoms with Crippen LogP contribution in [0.15, 0.2) is 127 Å². The second-order valence-electron chi connectivity index (χ2n) is 10.0. The summed E-state index contributed by atoms with van der Waals surface area (Å²) in [5.41, 5.74) is 8.50. The predicted molar refractivity (Wildman–Crippen MR) is 160 cm³/mol. The first-order valence-electron chi connectivity index (χ1n) is 12.9. The summed E-state index contributed by atoms with van der Waals surface area (Å²) in [6, 6.07) is 46.7. The highest BCUT2D eigenvalue weighted by molar-refractivity contribution is 6.25. The molecule has 7 aromatic rings. The third kappa shape index (κ3) is 3.63. The van der Waals surface area contributed by atoms with Crippen LogP contribution in [0.1, 0.15) is 11.1 Å². The molecule has 0 saturated carbocycles. The fourth-order valence-electron chi connectivity index (χ4n) is 5.58. The van der Waals surface area contributed by atoms with E-state index < -0.39 is 0 Å². The molecule has 0 N–H and O–H groups in total. The standard InChI is InChI=1S/C36H27N/c1-24-6-10-26(11-7-24)27-14-20-32(21-15-27)37(31-18-8-25(2)9-19-31)34-23-17-30-13-12-28-4-3-5-29-16-22-33(34)36(30)35(28)29/h3-23H,1-2H3. The van der Waals surface area contributed by atoms with E-state index in [1.807, 2.05) is 0 Å². The number of hydrogen-bond donors (Lipinski definition) is 0. The molecule has 0 bridgehead atoms. The zero-order chi connectivity index (χ0) is 24.9. The number of hydrogen-bond acceptors (Lipinski definition) is 1. The van der Waals surface area contributed by atoms with Crippen LogP contribution in [-0.2, 0) is 0 Å². The van der Waals surface area contributed by atoms with E-state index in [1.54, 1.807) is 0 Å². The molecular formula is C36H27N. The van der Waals surface area contributed by atoms with Gasteiger partial charge in [0, 0.05) is 16.8 Å². The molecule has 0 spiro atoms. The van der Waals surface area contributed by atoms with Gasteiger partial charge in [-0.05, 0) is 82.2 Å². The molecule has 0 radical (unpaired) electrons. The Kier molecular flexibility index (Phi) is 4.97. The molecule has 0 aliphatic rings. The Hall–Kier alpha value is -4.62. The van der Waals surface area contributed by atoms with Gasteiger partial charge in [-0.2, -0.15) is 0 Å². The normalized spacial score (nSPS) is 11.5. The molecule has 176 valence electrons. The lowest BCUT2D eigenvalue weighted by Gasteiger charge is -2.28. The van der Waals surface area contributed by atoms with Crippen molar-refractivity contribution in [2.75, 3.05) is 4.90 Å². The van der Waals surface area contributed by atoms with Crippen LogP contribution in [0.5, 0.6) is 0 Å². The summed E-state index contributed by atoms with van der Waals surface area (Å²) in [4.78, 5) is 2.39. The Labute approximate surface area is 217 Å². The molecule has 0 fully saturated rings. The number of aryl methyl sites for hydroxylation is 2. The molecule has 0 amide bonds. The van der Waals surface area contributed by atoms with Gasteiger partial charge in [-0.3, -0.25) is 0 Å². The van der Waals surface area contributed by atoms with Crippen LogP contribution in [0, 0.1) is 13.8 Å². The summed E-state index contributed by atoms with van der Waals surface area (Å²) in [5.74, 6) is 0. The van der Waals surface area contributed by atoms with E-state index in [-0.39, 0.29) is 0 Å². The van der Waals surface area contributed by atoms with Crippen molar-refractivity contribution in [3.05, 3.63) is 139 Å². The molecule has 1 nitrogen and oxygen atoms in total. The fraction of sp³-hybridized carbons (Fsp3) is 0.0556. The van der Waals surface area contributed by atoms with Crippen LogP contribution in [0.2, 0.25) is 0 Å². The number of rotatable bonds is 4. The molecule has 1 heteroatoms. The lowest BCUT2D eigenvalue weighted by molar-refractivity contribution is 1.29. The first kappa shape index (κ1) is 21.6. The minimum atomic E-state index is 1.15. The van der Waals surface area contributed by atoms with E-state index in [9.17, 15) is 0 Å². The van der Waals surface area contributed by atoms with E-state index in [0.717, 1.165) is 11.4 Å². The maximum absolute atomic E-state index is 2.39. The minimum absolute atomic E-state index is 1.15. The van der Waals surface area contributed by atoms with Gasteiger partial charge in [-0.15, -0.1) is 0 Å². The first-order chi connectivity index (χ1) is 18.2. The molecule has 0 saturated heterocycles. The Bertz CT molecular complexity index is 1850. The van der Waals surface area contributed by atoms with Crippen LogP contribution in [0.4, 0.5) is 17.1 Å². The van der Waals surface area contributed by atoms with Crippen molar-refractivity contribution in [2.24, 2.45) is 0 Å². The van der Waals surface area contributed by atoms with Gasteiger partial charge in [0.05, 0.1) is 5.69 Å². The molecule has 37 heavy (non-hydrogen) atoms. The summed E-state index contributed by atoms with van der Waals surface area (Å²) < 4.78 is 0. The Morgan fingerprint density at radius 2 is 0.865 bits per heavy atom. The van der Waals surface area contributed by atoms with Crippen molar-refractivity contribution < 1.29 is 0 Å². The first-order valence-corrected chi connectivity index (χ1v) is 12.9. The molecule has 0 aliphatic carbocycles. The highest BCUT2D eigenvalue weighted by Crippen LogP contribution is 2.44. The van der Waals surface area contributed by atoms with Gasteiger partial charge in [-0.1, -0.05) is 108 Å². The van der Waals surface area contributed by atoms with Crippen molar-refractivity contribution in [2.45, 2.75) is 13.8 Å². The molecule has 0 heterocycles. The molecule has 7 aromatic carbocycles. The van der Waals surface area contributed by atoms with Gasteiger partial charge in [0.2, 0.25) is 0 Å². The topological polar surface area (TPSA) is 3.24 Å². The quantitative estimate of drug-likeness (QED) is 0.230. The average molecular weight is 474 g/mol. The zero-order valence-corrected chi connectivity index (χ0v) is 21.1. The summed E-state index contributed by atoms with van der Waals surface area (Å²) >= 11 is 0. The van der Waals surface area contributed by atoms with Crippen LogP contribution in [0.25, 0.3) is 43.4 Å². The van der Waals surface area contributed by atoms with E-state index in [2.05, 4.69) is 146 Å². The monoisotopic (exact) mass is 473 g/mol. The van der Waals surface area contributed by atoms with Gasteiger partial charge >= 0.3 is 0 Å². The Balaban J connectivity index is 1.45. The maximum Gasteiger partial charge on any atom is 0.0540 e. The SMILES string of the molecule is Cc1ccc(-c2ccc(N(c3ccc(C)cc3)c3ccc4ccc5cccc6ccc3c4c56)cc2)cc1. The lowest BCUT2D eigenvalue weighted by atomic mass is 9.93. The molecule has 0 aromatic heterocycles. The van der Waals surface area contributed by atoms with E-state index in [1.165, 1.54) is 60.3 Å². The van der Waals surface area contributed by atoms with Crippen LogP contribution < -0.4 is 4.90 Å². The van der Waals surface area contributed by atoms with Crippen molar-refractivity contribution in [3.8, 4) is 11.1 Å². The largest absolute Gasteiger partial charge is 0.310 e. The summed E-state index contributed by atoms with van der Waals surface area (Å²) in [6.07, 6.45) is 0. The molecule has 0 unspecified atom stereocenters. The minimum Gasteiger partial charge on any atom is -0.310 e. The highest BCUT2D eigenvalue weighted by Gasteiger charge is 2.18. The molecule has 0 aliphatic heterocycles. The van der Waals surface area contributed by atoms with Gasteiger partial charge in [0.15, 0.2) is 0 Å². The average Bonchev–Trinajstić information content (AvgIpc) is 2.94. The Morgan fingerprint density at radius 3 is 1.49 bits per heavy atom. The van der Waals surface area contributed by atoms with Gasteiger partial charge in [0.1, 0.15) is 0 Å². The second-order valence-corrected chi connectivity index (χ2v) is 10.0. The molecular weight excluding hydrogens is 446 g/mol. The van der Waals surface area contributed by atoms with Crippen molar-refractivity contribution in [1.29, 1.82) is 0 Å². The molecule has 0 atom stereocenters. The van der Waals surface area contributed by atoms with Crippen molar-refractivity contribution >= 4 is 49.4 Å². The Morgan fingerprint density at radius 1 is 0.405 bits per heavy atom. The molecule has 7 rings (SSSR count). The number of benzene rings is 7. The second kappa shape index (κ2) is 8.50. The van der Waals surface area contributed by atoms with E-state index >= 15 is 0 Å². The van der Waals surface area contributed by atoms with Crippen LogP contribution in [-0.4, -0.2) is 0 Å². The van der Waals surface area contributed by atoms with E-state index in [4.69, 9.17) is 0 Å². The van der Waals surface area contributed by atoms with Crippen LogP contribution >= 0.6 is 0 Å². The number of anilines is 3. The van der Waals surface area contributed by atoms with Crippen molar-refractivity contribution in [1.82, 2.24) is 0 Å². The highest BCUT2D eigenvalue weighted by atomic mass is 15.1. The predicted octanol–water partition coefficient (Wildman–Crippen LogP) is 10.3. The van der Waals surface area contributed by atoms with Crippen LogP contribution in [0.3, 0.4) is 0 Å². The fourth-order valence-corrected chi connectivity index (χ4v) is 5.58. The maximum atomic E-state index is 2.39. The van der Waals surface area contributed by atoms with Crippen molar-refractivity contribution in [3.63, 3.8) is 0 Å². The lowest BCUT2D eigenvalue weighted by Crippen LogP contribution is -2.10. The van der Waals surface area contributed by atoms with Gasteiger partial charge < -0.3 is 4.90 Å². The third-order valence-corrected chi connectivity index (χ3v) is 7.55. The third-order valence-electron chi connectivity index (χ3n) is 7.55. The number of nitrogens with zero attached hydrogens (tertiary/aromatic N) is 1. The summed E-state index contributed by atoms with van der Waals surface area (Å²) in [7, 11) is 0. The zero-order valence-electron chi connectivity index (χ0n) is 21.1. The van der Waals surface area contributed by atoms with E-state index in [0.29, 0.717) is 0 Å². The van der Waals surface area contributed by atoms with Gasteiger partial charge in [-0.25, -0.2) is 0 Å². The summed E-state index contributed by atoms with van der Waals surface area (Å²) in [5, 5.41) is 7.81. The summed E-state index contributed by atoms with van der Waals surface area (Å²) in [6.45, 7) is 4.27. The van der Waals surface area contributed by atoms with Gasteiger partial charge in [0.25, 0.3) is 0 Å². The smallest absolute Gasteiger partial charge is 0.0540 e.